The molecule has 0 saturated heterocycles. The monoisotopic (exact) mass is 417 g/mol. The van der Waals surface area contributed by atoms with Gasteiger partial charge in [0.05, 0.1) is 12.8 Å². The predicted octanol–water partition coefficient (Wildman–Crippen LogP) is 4.99. The Bertz CT molecular complexity index is 1280. The molecule has 0 radical (unpaired) electrons. The van der Waals surface area contributed by atoms with Crippen molar-refractivity contribution in [2.24, 2.45) is 0 Å². The van der Waals surface area contributed by atoms with E-state index in [1.807, 2.05) is 36.4 Å². The molecule has 0 fully saturated rings. The average molecular weight is 417 g/mol. The molecule has 0 bridgehead atoms. The van der Waals surface area contributed by atoms with Crippen LogP contribution in [0.4, 0.5) is 17.1 Å². The number of carbonyl (C=O) groups excluding carboxylic acids is 2. The maximum Gasteiger partial charge on any atom is 0.246 e. The van der Waals surface area contributed by atoms with E-state index in [2.05, 4.69) is 16.0 Å². The van der Waals surface area contributed by atoms with Crippen molar-refractivity contribution in [3.63, 3.8) is 0 Å². The third-order valence-corrected chi connectivity index (χ3v) is 4.92. The van der Waals surface area contributed by atoms with Gasteiger partial charge in [0.15, 0.2) is 0 Å². The van der Waals surface area contributed by atoms with Crippen LogP contribution in [-0.2, 0) is 9.59 Å². The Kier molecular flexibility index (Phi) is 5.49. The molecule has 0 aliphatic rings. The zero-order valence-electron chi connectivity index (χ0n) is 17.5. The highest BCUT2D eigenvalue weighted by molar-refractivity contribution is 6.08. The molecule has 2 amide bonds. The van der Waals surface area contributed by atoms with E-state index in [0.717, 1.165) is 16.4 Å². The molecule has 1 heterocycles. The fraction of sp³-hybridized carbons (Fsp3) is 0.167. The molecule has 7 heteroatoms. The molecule has 0 spiro atoms. The van der Waals surface area contributed by atoms with Crippen LogP contribution in [0, 0.1) is 0 Å². The van der Waals surface area contributed by atoms with Crippen LogP contribution in [0.5, 0.6) is 5.75 Å². The van der Waals surface area contributed by atoms with Gasteiger partial charge in [0.25, 0.3) is 0 Å². The lowest BCUT2D eigenvalue weighted by Gasteiger charge is -2.17. The minimum absolute atomic E-state index is 0.156. The zero-order chi connectivity index (χ0) is 22.0. The average Bonchev–Trinajstić information content (AvgIpc) is 3.10. The van der Waals surface area contributed by atoms with Crippen molar-refractivity contribution in [3.05, 3.63) is 60.7 Å². The Morgan fingerprint density at radius 3 is 2.45 bits per heavy atom. The summed E-state index contributed by atoms with van der Waals surface area (Å²) < 4.78 is 11.4. The van der Waals surface area contributed by atoms with Crippen LogP contribution in [0.2, 0.25) is 0 Å². The van der Waals surface area contributed by atoms with E-state index in [4.69, 9.17) is 9.15 Å². The van der Waals surface area contributed by atoms with Crippen LogP contribution in [0.15, 0.2) is 65.1 Å². The highest BCUT2D eigenvalue weighted by Gasteiger charge is 2.18. The van der Waals surface area contributed by atoms with Gasteiger partial charge in [-0.3, -0.25) is 9.59 Å². The number of furan rings is 1. The predicted molar refractivity (Wildman–Crippen MR) is 123 cm³/mol. The molecule has 1 aromatic heterocycles. The Labute approximate surface area is 179 Å². The third kappa shape index (κ3) is 4.30. The molecule has 7 nitrogen and oxygen atoms in total. The molecule has 3 aromatic carbocycles. The number of anilines is 3. The number of fused-ring (bicyclic) bond motifs is 3. The first-order chi connectivity index (χ1) is 14.9. The van der Waals surface area contributed by atoms with Crippen molar-refractivity contribution >= 4 is 50.8 Å². The van der Waals surface area contributed by atoms with Gasteiger partial charge >= 0.3 is 0 Å². The van der Waals surface area contributed by atoms with Crippen molar-refractivity contribution in [3.8, 4) is 5.75 Å². The summed E-state index contributed by atoms with van der Waals surface area (Å²) in [6.07, 6.45) is 0. The number of benzene rings is 3. The first-order valence-electron chi connectivity index (χ1n) is 9.89. The van der Waals surface area contributed by atoms with Gasteiger partial charge in [0, 0.05) is 35.1 Å². The summed E-state index contributed by atoms with van der Waals surface area (Å²) >= 11 is 0. The van der Waals surface area contributed by atoms with Crippen LogP contribution < -0.4 is 20.7 Å². The minimum atomic E-state index is -0.538. The molecule has 0 aliphatic carbocycles. The Balaban J connectivity index is 1.54. The number of hydrogen-bond donors (Lipinski definition) is 3. The third-order valence-electron chi connectivity index (χ3n) is 4.92. The molecule has 0 saturated carbocycles. The molecule has 158 valence electrons. The number of hydrogen-bond acceptors (Lipinski definition) is 5. The summed E-state index contributed by atoms with van der Waals surface area (Å²) in [5, 5.41) is 10.7. The molecular weight excluding hydrogens is 394 g/mol. The number of rotatable bonds is 6. The quantitative estimate of drug-likeness (QED) is 0.411. The summed E-state index contributed by atoms with van der Waals surface area (Å²) in [5.41, 5.74) is 3.34. The van der Waals surface area contributed by atoms with E-state index in [1.165, 1.54) is 6.92 Å². The van der Waals surface area contributed by atoms with Crippen molar-refractivity contribution < 1.29 is 18.7 Å². The second kappa shape index (κ2) is 8.39. The van der Waals surface area contributed by atoms with E-state index in [-0.39, 0.29) is 11.8 Å². The summed E-state index contributed by atoms with van der Waals surface area (Å²) in [4.78, 5) is 24.1. The number of methoxy groups -OCH3 is 1. The van der Waals surface area contributed by atoms with Crippen molar-refractivity contribution in [1.29, 1.82) is 0 Å². The lowest BCUT2D eigenvalue weighted by atomic mass is 10.1. The summed E-state index contributed by atoms with van der Waals surface area (Å²) in [6.45, 7) is 3.20. The van der Waals surface area contributed by atoms with Gasteiger partial charge in [-0.25, -0.2) is 0 Å². The van der Waals surface area contributed by atoms with Crippen LogP contribution >= 0.6 is 0 Å². The fourth-order valence-corrected chi connectivity index (χ4v) is 3.46. The molecular formula is C24H23N3O4. The van der Waals surface area contributed by atoms with Gasteiger partial charge in [0.1, 0.15) is 23.0 Å². The van der Waals surface area contributed by atoms with Crippen molar-refractivity contribution in [2.75, 3.05) is 23.1 Å². The number of ether oxygens (including phenoxy) is 1. The molecule has 0 unspecified atom stereocenters. The number of carbonyl (C=O) groups is 2. The second-order valence-corrected chi connectivity index (χ2v) is 7.26. The Hall–Kier alpha value is -4.00. The maximum atomic E-state index is 12.8. The minimum Gasteiger partial charge on any atom is -0.495 e. The topological polar surface area (TPSA) is 92.6 Å². The SMILES string of the molecule is COc1cc2c(cc1NC(=O)[C@H](C)Nc1cccc(NC(C)=O)c1)oc1ccccc12. The lowest BCUT2D eigenvalue weighted by molar-refractivity contribution is -0.116. The summed E-state index contributed by atoms with van der Waals surface area (Å²) in [5.74, 6) is 0.155. The van der Waals surface area contributed by atoms with Gasteiger partial charge in [-0.05, 0) is 37.3 Å². The Morgan fingerprint density at radius 1 is 0.903 bits per heavy atom. The van der Waals surface area contributed by atoms with Gasteiger partial charge < -0.3 is 25.1 Å². The van der Waals surface area contributed by atoms with Gasteiger partial charge in [-0.2, -0.15) is 0 Å². The smallest absolute Gasteiger partial charge is 0.246 e. The van der Waals surface area contributed by atoms with Gasteiger partial charge in [-0.1, -0.05) is 24.3 Å². The normalized spacial score (nSPS) is 11.8. The summed E-state index contributed by atoms with van der Waals surface area (Å²) in [6, 6.07) is 18.0. The highest BCUT2D eigenvalue weighted by Crippen LogP contribution is 2.36. The van der Waals surface area contributed by atoms with Crippen molar-refractivity contribution in [2.45, 2.75) is 19.9 Å². The molecule has 0 aliphatic heterocycles. The van der Waals surface area contributed by atoms with Crippen LogP contribution in [0.3, 0.4) is 0 Å². The number of nitrogens with one attached hydrogen (secondary N) is 3. The first-order valence-corrected chi connectivity index (χ1v) is 9.89. The largest absolute Gasteiger partial charge is 0.495 e. The van der Waals surface area contributed by atoms with E-state index in [1.54, 1.807) is 38.3 Å². The first kappa shape index (κ1) is 20.3. The van der Waals surface area contributed by atoms with Crippen LogP contribution in [0.25, 0.3) is 21.9 Å². The van der Waals surface area contributed by atoms with E-state index in [0.29, 0.717) is 28.4 Å². The van der Waals surface area contributed by atoms with Gasteiger partial charge in [0.2, 0.25) is 11.8 Å². The fourth-order valence-electron chi connectivity index (χ4n) is 3.46. The molecule has 4 aromatic rings. The van der Waals surface area contributed by atoms with E-state index >= 15 is 0 Å². The second-order valence-electron chi connectivity index (χ2n) is 7.26. The highest BCUT2D eigenvalue weighted by atomic mass is 16.5. The maximum absolute atomic E-state index is 12.8. The zero-order valence-corrected chi connectivity index (χ0v) is 17.5. The van der Waals surface area contributed by atoms with Crippen molar-refractivity contribution in [1.82, 2.24) is 0 Å². The number of amides is 2. The van der Waals surface area contributed by atoms with Crippen LogP contribution in [0.1, 0.15) is 13.8 Å². The lowest BCUT2D eigenvalue weighted by Crippen LogP contribution is -2.32. The Morgan fingerprint density at radius 2 is 1.68 bits per heavy atom. The van der Waals surface area contributed by atoms with Gasteiger partial charge in [-0.15, -0.1) is 0 Å². The van der Waals surface area contributed by atoms with E-state index in [9.17, 15) is 9.59 Å². The molecule has 3 N–H and O–H groups in total. The van der Waals surface area contributed by atoms with Crippen LogP contribution in [-0.4, -0.2) is 25.0 Å². The standard InChI is InChI=1S/C24H23N3O4/c1-14(25-16-7-6-8-17(11-16)26-15(2)28)24(29)27-20-13-22-19(12-23(20)30-3)18-9-4-5-10-21(18)31-22/h4-14,25H,1-3H3,(H,26,28)(H,27,29)/t14-/m0/s1. The molecule has 31 heavy (non-hydrogen) atoms. The molecule has 1 atom stereocenters. The van der Waals surface area contributed by atoms with E-state index < -0.39 is 6.04 Å². The molecule has 4 rings (SSSR count). The summed E-state index contributed by atoms with van der Waals surface area (Å²) in [7, 11) is 1.56. The number of para-hydroxylation sites is 1.